The van der Waals surface area contributed by atoms with Gasteiger partial charge in [-0.1, -0.05) is 0 Å². The van der Waals surface area contributed by atoms with Crippen LogP contribution in [0.3, 0.4) is 0 Å². The highest BCUT2D eigenvalue weighted by Crippen LogP contribution is 2.20. The van der Waals surface area contributed by atoms with Crippen molar-refractivity contribution in [3.8, 4) is 0 Å². The summed E-state index contributed by atoms with van der Waals surface area (Å²) in [6.45, 7) is 0.400. The summed E-state index contributed by atoms with van der Waals surface area (Å²) in [6, 6.07) is -0.606. The van der Waals surface area contributed by atoms with Gasteiger partial charge in [0.2, 0.25) is 10.0 Å². The zero-order valence-electron chi connectivity index (χ0n) is 6.65. The number of nitrogens with one attached hydrogen (secondary N) is 1. The van der Waals surface area contributed by atoms with Crippen molar-refractivity contribution in [2.45, 2.75) is 12.5 Å². The van der Waals surface area contributed by atoms with Crippen LogP contribution < -0.4 is 11.3 Å². The van der Waals surface area contributed by atoms with Gasteiger partial charge in [0.15, 0.2) is 0 Å². The summed E-state index contributed by atoms with van der Waals surface area (Å²) in [6.07, 6.45) is 1.61. The van der Waals surface area contributed by atoms with E-state index in [-0.39, 0.29) is 0 Å². The molecule has 1 aliphatic rings. The Morgan fingerprint density at radius 1 is 1.67 bits per heavy atom. The molecule has 12 heavy (non-hydrogen) atoms. The average Bonchev–Trinajstić information content (AvgIpc) is 1.80. The fourth-order valence-electron chi connectivity index (χ4n) is 1.12. The lowest BCUT2D eigenvalue weighted by molar-refractivity contribution is -0.127. The molecular formula is C5H11N3O3S. The molecule has 1 saturated heterocycles. The van der Waals surface area contributed by atoms with Gasteiger partial charge in [-0.25, -0.2) is 14.3 Å². The predicted molar refractivity (Wildman–Crippen MR) is 42.3 cm³/mol. The van der Waals surface area contributed by atoms with E-state index in [1.54, 1.807) is 0 Å². The largest absolute Gasteiger partial charge is 0.293 e. The summed E-state index contributed by atoms with van der Waals surface area (Å²) in [4.78, 5) is 10.9. The van der Waals surface area contributed by atoms with E-state index < -0.39 is 22.0 Å². The van der Waals surface area contributed by atoms with Crippen LogP contribution in [0.2, 0.25) is 0 Å². The highest BCUT2D eigenvalue weighted by atomic mass is 32.2. The van der Waals surface area contributed by atoms with Crippen molar-refractivity contribution in [3.63, 3.8) is 0 Å². The van der Waals surface area contributed by atoms with Crippen LogP contribution in [0.15, 0.2) is 0 Å². The lowest BCUT2D eigenvalue weighted by atomic mass is 10.1. The lowest BCUT2D eigenvalue weighted by Gasteiger charge is -2.36. The second kappa shape index (κ2) is 3.00. The molecule has 3 N–H and O–H groups in total. The van der Waals surface area contributed by atoms with Crippen LogP contribution in [0, 0.1) is 0 Å². The van der Waals surface area contributed by atoms with Crippen LogP contribution in [0.25, 0.3) is 0 Å². The zero-order chi connectivity index (χ0) is 9.35. The van der Waals surface area contributed by atoms with Gasteiger partial charge < -0.3 is 0 Å². The maximum atomic E-state index is 10.9. The van der Waals surface area contributed by atoms with Crippen molar-refractivity contribution in [2.24, 2.45) is 5.84 Å². The van der Waals surface area contributed by atoms with Crippen molar-refractivity contribution < 1.29 is 13.2 Å². The molecule has 0 saturated carbocycles. The highest BCUT2D eigenvalue weighted by Gasteiger charge is 2.39. The maximum absolute atomic E-state index is 10.9. The van der Waals surface area contributed by atoms with E-state index in [1.807, 2.05) is 5.43 Å². The Bertz CT molecular complexity index is 286. The highest BCUT2D eigenvalue weighted by molar-refractivity contribution is 7.88. The summed E-state index contributed by atoms with van der Waals surface area (Å²) in [7, 11) is -3.25. The van der Waals surface area contributed by atoms with Crippen LogP contribution in [0.4, 0.5) is 0 Å². The van der Waals surface area contributed by atoms with Gasteiger partial charge in [0.25, 0.3) is 5.91 Å². The van der Waals surface area contributed by atoms with E-state index in [1.165, 1.54) is 0 Å². The number of carbonyl (C=O) groups is 1. The smallest absolute Gasteiger partial charge is 0.252 e. The van der Waals surface area contributed by atoms with Crippen molar-refractivity contribution in [1.82, 2.24) is 9.73 Å². The van der Waals surface area contributed by atoms with Gasteiger partial charge in [0.05, 0.1) is 6.26 Å². The van der Waals surface area contributed by atoms with Crippen molar-refractivity contribution in [1.29, 1.82) is 0 Å². The third-order valence-corrected chi connectivity index (χ3v) is 3.13. The molecule has 0 aromatic carbocycles. The number of nitrogens with two attached hydrogens (primary N) is 1. The van der Waals surface area contributed by atoms with E-state index in [0.29, 0.717) is 13.0 Å². The first-order valence-electron chi connectivity index (χ1n) is 3.44. The van der Waals surface area contributed by atoms with E-state index in [9.17, 15) is 13.2 Å². The SMILES string of the molecule is CS(=O)(=O)N1CC[C@H]1C(=O)NN. The minimum absolute atomic E-state index is 0.400. The van der Waals surface area contributed by atoms with Gasteiger partial charge in [-0.15, -0.1) is 0 Å². The topological polar surface area (TPSA) is 92.5 Å². The van der Waals surface area contributed by atoms with Crippen LogP contribution in [-0.2, 0) is 14.8 Å². The molecule has 0 radical (unpaired) electrons. The van der Waals surface area contributed by atoms with Gasteiger partial charge in [0, 0.05) is 6.54 Å². The predicted octanol–water partition coefficient (Wildman–Crippen LogP) is -1.99. The Balaban J connectivity index is 2.68. The first-order chi connectivity index (χ1) is 5.46. The molecule has 1 aliphatic heterocycles. The quantitative estimate of drug-likeness (QED) is 0.302. The van der Waals surface area contributed by atoms with Gasteiger partial charge in [-0.3, -0.25) is 10.2 Å². The third-order valence-electron chi connectivity index (χ3n) is 1.84. The summed E-state index contributed by atoms with van der Waals surface area (Å²) < 4.78 is 23.0. The van der Waals surface area contributed by atoms with Gasteiger partial charge in [0.1, 0.15) is 6.04 Å². The fourth-order valence-corrected chi connectivity index (χ4v) is 2.22. The normalized spacial score (nSPS) is 24.7. The lowest BCUT2D eigenvalue weighted by Crippen LogP contribution is -2.58. The summed E-state index contributed by atoms with van der Waals surface area (Å²) in [5.74, 6) is 4.41. The number of rotatable bonds is 2. The van der Waals surface area contributed by atoms with E-state index in [2.05, 4.69) is 0 Å². The minimum Gasteiger partial charge on any atom is -0.293 e. The van der Waals surface area contributed by atoms with Crippen LogP contribution in [-0.4, -0.2) is 37.5 Å². The van der Waals surface area contributed by atoms with Gasteiger partial charge in [-0.05, 0) is 6.42 Å². The molecule has 6 nitrogen and oxygen atoms in total. The Hall–Kier alpha value is -0.660. The Kier molecular flexibility index (Phi) is 2.36. The van der Waals surface area contributed by atoms with Gasteiger partial charge >= 0.3 is 0 Å². The Morgan fingerprint density at radius 2 is 2.25 bits per heavy atom. The number of hydrogen-bond acceptors (Lipinski definition) is 4. The molecule has 0 bridgehead atoms. The molecule has 1 fully saturated rings. The number of amides is 1. The molecule has 70 valence electrons. The summed E-state index contributed by atoms with van der Waals surface area (Å²) in [5, 5.41) is 0. The van der Waals surface area contributed by atoms with Crippen LogP contribution in [0.5, 0.6) is 0 Å². The summed E-state index contributed by atoms with van der Waals surface area (Å²) in [5.41, 5.74) is 1.92. The Labute approximate surface area is 70.7 Å². The monoisotopic (exact) mass is 193 g/mol. The second-order valence-corrected chi connectivity index (χ2v) is 4.62. The van der Waals surface area contributed by atoms with E-state index in [0.717, 1.165) is 10.6 Å². The molecule has 1 atom stereocenters. The molecule has 0 aromatic heterocycles. The Morgan fingerprint density at radius 3 is 2.50 bits per heavy atom. The van der Waals surface area contributed by atoms with Crippen molar-refractivity contribution in [3.05, 3.63) is 0 Å². The van der Waals surface area contributed by atoms with Crippen molar-refractivity contribution >= 4 is 15.9 Å². The molecule has 0 aromatic rings. The molecule has 0 unspecified atom stereocenters. The molecule has 1 rings (SSSR count). The zero-order valence-corrected chi connectivity index (χ0v) is 7.47. The van der Waals surface area contributed by atoms with E-state index >= 15 is 0 Å². The van der Waals surface area contributed by atoms with Gasteiger partial charge in [-0.2, -0.15) is 4.31 Å². The molecule has 7 heteroatoms. The molecule has 1 heterocycles. The van der Waals surface area contributed by atoms with Crippen LogP contribution >= 0.6 is 0 Å². The molecule has 0 spiro atoms. The second-order valence-electron chi connectivity index (χ2n) is 2.69. The number of nitrogens with zero attached hydrogens (tertiary/aromatic N) is 1. The number of sulfonamides is 1. The fraction of sp³-hybridized carbons (Fsp3) is 0.800. The number of hydrazine groups is 1. The molecule has 0 aliphatic carbocycles. The first-order valence-corrected chi connectivity index (χ1v) is 5.29. The molecular weight excluding hydrogens is 182 g/mol. The first kappa shape index (κ1) is 9.43. The third kappa shape index (κ3) is 1.57. The van der Waals surface area contributed by atoms with Crippen LogP contribution in [0.1, 0.15) is 6.42 Å². The summed E-state index contributed by atoms with van der Waals surface area (Å²) >= 11 is 0. The number of carbonyl (C=O) groups excluding carboxylic acids is 1. The number of hydrogen-bond donors (Lipinski definition) is 2. The van der Waals surface area contributed by atoms with E-state index in [4.69, 9.17) is 5.84 Å². The average molecular weight is 193 g/mol. The molecule has 1 amide bonds. The minimum atomic E-state index is -3.25. The standard InChI is InChI=1S/C5H11N3O3S/c1-12(10,11)8-3-2-4(8)5(9)7-6/h4H,2-3,6H2,1H3,(H,7,9)/t4-/m0/s1. The maximum Gasteiger partial charge on any atom is 0.252 e. The van der Waals surface area contributed by atoms with Crippen molar-refractivity contribution in [2.75, 3.05) is 12.8 Å².